The van der Waals surface area contributed by atoms with Crippen LogP contribution in [-0.2, 0) is 5.75 Å². The van der Waals surface area contributed by atoms with Gasteiger partial charge in [-0.3, -0.25) is 0 Å². The summed E-state index contributed by atoms with van der Waals surface area (Å²) in [5, 5.41) is 9.29. The summed E-state index contributed by atoms with van der Waals surface area (Å²) in [4.78, 5) is 0.184. The number of nitriles is 1. The lowest BCUT2D eigenvalue weighted by molar-refractivity contribution is -0.154. The molecule has 0 aliphatic rings. The Hall–Kier alpha value is -2.54. The lowest BCUT2D eigenvalue weighted by Gasteiger charge is -2.17. The van der Waals surface area contributed by atoms with Gasteiger partial charge in [0.15, 0.2) is 19.0 Å². The highest BCUT2D eigenvalue weighted by molar-refractivity contribution is 7.98. The quantitative estimate of drug-likeness (QED) is 0.423. The third kappa shape index (κ3) is 6.88. The standard InChI is InChI=1S/C18H13F6NO2S/c19-17(20,21)10-26-14-6-7-15(28-9-12-4-2-1-3-5-12)16(13(14)8-25)27-11-18(22,23)24/h1-7H,9-11H2. The van der Waals surface area contributed by atoms with E-state index in [1.54, 1.807) is 36.4 Å². The number of benzene rings is 2. The number of ether oxygens (including phenoxy) is 2. The number of nitrogens with zero attached hydrogens (tertiary/aromatic N) is 1. The lowest BCUT2D eigenvalue weighted by atomic mass is 10.2. The van der Waals surface area contributed by atoms with E-state index in [9.17, 15) is 31.6 Å². The van der Waals surface area contributed by atoms with E-state index in [-0.39, 0.29) is 4.90 Å². The molecule has 0 aliphatic carbocycles. The average molecular weight is 421 g/mol. The van der Waals surface area contributed by atoms with Gasteiger partial charge in [0.2, 0.25) is 0 Å². The molecular formula is C18H13F6NO2S. The van der Waals surface area contributed by atoms with Gasteiger partial charge in [-0.15, -0.1) is 11.8 Å². The average Bonchev–Trinajstić information content (AvgIpc) is 2.62. The maximum atomic E-state index is 12.6. The largest absolute Gasteiger partial charge is 0.483 e. The van der Waals surface area contributed by atoms with Crippen LogP contribution in [0.3, 0.4) is 0 Å². The van der Waals surface area contributed by atoms with E-state index < -0.39 is 42.6 Å². The number of halogens is 6. The predicted octanol–water partition coefficient (Wildman–Crippen LogP) is 5.73. The Morgan fingerprint density at radius 1 is 0.857 bits per heavy atom. The van der Waals surface area contributed by atoms with Crippen LogP contribution in [0, 0.1) is 11.3 Å². The Balaban J connectivity index is 2.32. The zero-order valence-corrected chi connectivity index (χ0v) is 14.9. The molecule has 150 valence electrons. The van der Waals surface area contributed by atoms with Crippen LogP contribution in [0.1, 0.15) is 11.1 Å². The first-order valence-corrected chi connectivity index (χ1v) is 8.70. The predicted molar refractivity (Wildman–Crippen MR) is 90.3 cm³/mol. The molecule has 2 rings (SSSR count). The molecule has 0 N–H and O–H groups in total. The molecule has 2 aromatic rings. The summed E-state index contributed by atoms with van der Waals surface area (Å²) in [5.41, 5.74) is 0.344. The first-order chi connectivity index (χ1) is 13.1. The van der Waals surface area contributed by atoms with Crippen molar-refractivity contribution >= 4 is 11.8 Å². The van der Waals surface area contributed by atoms with E-state index in [1.807, 2.05) is 0 Å². The van der Waals surface area contributed by atoms with Gasteiger partial charge in [0, 0.05) is 5.75 Å². The topological polar surface area (TPSA) is 42.2 Å². The van der Waals surface area contributed by atoms with Crippen LogP contribution in [-0.4, -0.2) is 25.6 Å². The van der Waals surface area contributed by atoms with Crippen molar-refractivity contribution in [1.82, 2.24) is 0 Å². The minimum absolute atomic E-state index is 0.184. The molecule has 0 fully saturated rings. The highest BCUT2D eigenvalue weighted by Gasteiger charge is 2.32. The summed E-state index contributed by atoms with van der Waals surface area (Å²) in [5.74, 6) is -0.599. The van der Waals surface area contributed by atoms with Crippen LogP contribution in [0.25, 0.3) is 0 Å². The van der Waals surface area contributed by atoms with Crippen molar-refractivity contribution in [2.75, 3.05) is 13.2 Å². The molecule has 0 atom stereocenters. The van der Waals surface area contributed by atoms with E-state index in [4.69, 9.17) is 4.74 Å². The van der Waals surface area contributed by atoms with Crippen molar-refractivity contribution in [3.8, 4) is 17.6 Å². The molecule has 28 heavy (non-hydrogen) atoms. The van der Waals surface area contributed by atoms with Gasteiger partial charge in [-0.05, 0) is 17.7 Å². The number of hydrogen-bond donors (Lipinski definition) is 0. The lowest BCUT2D eigenvalue weighted by Crippen LogP contribution is -2.21. The monoisotopic (exact) mass is 421 g/mol. The SMILES string of the molecule is N#Cc1c(OCC(F)(F)F)ccc(SCc2ccccc2)c1OCC(F)(F)F. The Kier molecular flexibility index (Phi) is 7.07. The highest BCUT2D eigenvalue weighted by atomic mass is 32.2. The summed E-state index contributed by atoms with van der Waals surface area (Å²) < 4.78 is 84.2. The Labute approximate surface area is 160 Å². The Bertz CT molecular complexity index is 831. The first-order valence-electron chi connectivity index (χ1n) is 7.72. The van der Waals surface area contributed by atoms with Gasteiger partial charge in [-0.1, -0.05) is 30.3 Å². The minimum Gasteiger partial charge on any atom is -0.483 e. The smallest absolute Gasteiger partial charge is 0.422 e. The van der Waals surface area contributed by atoms with Crippen molar-refractivity contribution in [3.05, 3.63) is 53.6 Å². The molecule has 0 saturated heterocycles. The summed E-state index contributed by atoms with van der Waals surface area (Å²) >= 11 is 1.09. The molecule has 0 unspecified atom stereocenters. The highest BCUT2D eigenvalue weighted by Crippen LogP contribution is 2.40. The number of thioether (sulfide) groups is 1. The van der Waals surface area contributed by atoms with Crippen LogP contribution >= 0.6 is 11.8 Å². The van der Waals surface area contributed by atoms with Crippen LogP contribution in [0.5, 0.6) is 11.5 Å². The molecule has 0 amide bonds. The second kappa shape index (κ2) is 9.10. The van der Waals surface area contributed by atoms with Gasteiger partial charge >= 0.3 is 12.4 Å². The molecule has 2 aromatic carbocycles. The van der Waals surface area contributed by atoms with E-state index in [2.05, 4.69) is 4.74 Å². The van der Waals surface area contributed by atoms with Crippen molar-refractivity contribution < 1.29 is 35.8 Å². The summed E-state index contributed by atoms with van der Waals surface area (Å²) in [6.07, 6.45) is -9.35. The maximum Gasteiger partial charge on any atom is 0.422 e. The summed E-state index contributed by atoms with van der Waals surface area (Å²) in [7, 11) is 0. The molecule has 0 saturated carbocycles. The molecule has 0 spiro atoms. The molecule has 0 heterocycles. The Morgan fingerprint density at radius 2 is 1.46 bits per heavy atom. The fourth-order valence-corrected chi connectivity index (χ4v) is 3.05. The number of rotatable bonds is 7. The van der Waals surface area contributed by atoms with Crippen LogP contribution in [0.2, 0.25) is 0 Å². The third-order valence-corrected chi connectivity index (χ3v) is 4.31. The fraction of sp³-hybridized carbons (Fsp3) is 0.278. The maximum absolute atomic E-state index is 12.6. The van der Waals surface area contributed by atoms with Crippen LogP contribution in [0.15, 0.2) is 47.4 Å². The van der Waals surface area contributed by atoms with Gasteiger partial charge in [-0.2, -0.15) is 31.6 Å². The van der Waals surface area contributed by atoms with Gasteiger partial charge < -0.3 is 9.47 Å². The van der Waals surface area contributed by atoms with Crippen molar-refractivity contribution in [2.24, 2.45) is 0 Å². The summed E-state index contributed by atoms with van der Waals surface area (Å²) in [6, 6.07) is 12.9. The van der Waals surface area contributed by atoms with Crippen LogP contribution < -0.4 is 9.47 Å². The van der Waals surface area contributed by atoms with E-state index >= 15 is 0 Å². The van der Waals surface area contributed by atoms with E-state index in [1.165, 1.54) is 6.07 Å². The van der Waals surface area contributed by atoms with Gasteiger partial charge in [-0.25, -0.2) is 0 Å². The molecule has 0 bridgehead atoms. The second-order valence-corrected chi connectivity index (χ2v) is 6.48. The second-order valence-electron chi connectivity index (χ2n) is 5.46. The molecule has 0 aliphatic heterocycles. The van der Waals surface area contributed by atoms with Crippen molar-refractivity contribution in [2.45, 2.75) is 23.0 Å². The summed E-state index contributed by atoms with van der Waals surface area (Å²) in [6.45, 7) is -3.37. The normalized spacial score (nSPS) is 11.8. The number of alkyl halides is 6. The third-order valence-electron chi connectivity index (χ3n) is 3.20. The van der Waals surface area contributed by atoms with Gasteiger partial charge in [0.1, 0.15) is 17.4 Å². The van der Waals surface area contributed by atoms with E-state index in [0.717, 1.165) is 23.4 Å². The van der Waals surface area contributed by atoms with Crippen LogP contribution in [0.4, 0.5) is 26.3 Å². The molecule has 0 radical (unpaired) electrons. The van der Waals surface area contributed by atoms with Gasteiger partial charge in [0.05, 0.1) is 4.90 Å². The molecular weight excluding hydrogens is 408 g/mol. The van der Waals surface area contributed by atoms with E-state index in [0.29, 0.717) is 5.75 Å². The zero-order chi connectivity index (χ0) is 20.8. The fourth-order valence-electron chi connectivity index (χ4n) is 2.08. The molecule has 3 nitrogen and oxygen atoms in total. The zero-order valence-electron chi connectivity index (χ0n) is 14.1. The Morgan fingerprint density at radius 3 is 2.04 bits per heavy atom. The van der Waals surface area contributed by atoms with Gasteiger partial charge in [0.25, 0.3) is 0 Å². The van der Waals surface area contributed by atoms with Crippen molar-refractivity contribution in [1.29, 1.82) is 5.26 Å². The first kappa shape index (κ1) is 21.8. The minimum atomic E-state index is -4.68. The molecule has 10 heteroatoms. The molecule has 0 aromatic heterocycles. The number of hydrogen-bond acceptors (Lipinski definition) is 4. The van der Waals surface area contributed by atoms with Crippen molar-refractivity contribution in [3.63, 3.8) is 0 Å².